The van der Waals surface area contributed by atoms with E-state index in [1.54, 1.807) is 0 Å². The molecule has 5 nitrogen and oxygen atoms in total. The highest BCUT2D eigenvalue weighted by Gasteiger charge is 1.79. The highest BCUT2D eigenvalue weighted by molar-refractivity contribution is 5.00. The Kier molecular flexibility index (Phi) is 4.39. The van der Waals surface area contributed by atoms with Crippen LogP contribution in [0.25, 0.3) is 0 Å². The standard InChI is InChI=1S/C6H7N.NO3/c1-6-3-2-4-7-5-6;2-1(3)4/h2-5H,1H3;/q;-1/p+1. The number of pyridine rings is 1. The van der Waals surface area contributed by atoms with Gasteiger partial charge in [-0.3, -0.25) is 0 Å². The quantitative estimate of drug-likeness (QED) is 0.406. The number of hydrogen-bond donors (Lipinski definition) is 0. The van der Waals surface area contributed by atoms with E-state index in [4.69, 9.17) is 15.3 Å². The molecule has 5 heteroatoms. The fourth-order valence-electron chi connectivity index (χ4n) is 0.483. The summed E-state index contributed by atoms with van der Waals surface area (Å²) in [4.78, 5) is 11.2. The predicted molar refractivity (Wildman–Crippen MR) is 38.1 cm³/mol. The van der Waals surface area contributed by atoms with Gasteiger partial charge in [0.15, 0.2) is 12.4 Å². The minimum absolute atomic E-state index is 1.27. The van der Waals surface area contributed by atoms with E-state index in [1.165, 1.54) is 5.56 Å². The van der Waals surface area contributed by atoms with Crippen molar-refractivity contribution in [3.8, 4) is 0 Å². The Bertz CT molecular complexity index is 208. The second-order valence-electron chi connectivity index (χ2n) is 1.80. The maximum Gasteiger partial charge on any atom is 0.169 e. The van der Waals surface area contributed by atoms with Gasteiger partial charge in [-0.05, 0) is 13.0 Å². The molecule has 0 bridgehead atoms. The molecule has 0 aliphatic rings. The number of hydrogen-bond acceptors (Lipinski definition) is 3. The van der Waals surface area contributed by atoms with Gasteiger partial charge in [0.05, 0.1) is 5.09 Å². The van der Waals surface area contributed by atoms with E-state index in [0.717, 1.165) is 0 Å². The Balaban J connectivity index is 0.000000218. The summed E-state index contributed by atoms with van der Waals surface area (Å²) in [7, 11) is 0. The number of aryl methyl sites for hydroxylation is 1. The topological polar surface area (TPSA) is 80.3 Å². The maximum atomic E-state index is 8.25. The zero-order chi connectivity index (χ0) is 8.69. The van der Waals surface area contributed by atoms with E-state index >= 15 is 0 Å². The Morgan fingerprint density at radius 2 is 2.09 bits per heavy atom. The number of nitrogens with zero attached hydrogens (tertiary/aromatic N) is 1. The largest absolute Gasteiger partial charge is 0.356 e. The Morgan fingerprint density at radius 1 is 1.55 bits per heavy atom. The summed E-state index contributed by atoms with van der Waals surface area (Å²) in [5, 5.41) is 14.8. The highest BCUT2D eigenvalue weighted by Crippen LogP contribution is 1.84. The second-order valence-corrected chi connectivity index (χ2v) is 1.80. The molecule has 1 aromatic rings. The molecule has 60 valence electrons. The summed E-state index contributed by atoms with van der Waals surface area (Å²) in [5.74, 6) is 0. The lowest BCUT2D eigenvalue weighted by atomic mass is 10.3. The average molecular weight is 156 g/mol. The molecule has 0 aliphatic carbocycles. The van der Waals surface area contributed by atoms with E-state index < -0.39 is 5.09 Å². The Labute approximate surface area is 63.4 Å². The first-order chi connectivity index (χ1) is 5.13. The van der Waals surface area contributed by atoms with Crippen molar-refractivity contribution in [1.82, 2.24) is 0 Å². The van der Waals surface area contributed by atoms with Gasteiger partial charge >= 0.3 is 0 Å². The van der Waals surface area contributed by atoms with Gasteiger partial charge in [-0.25, -0.2) is 4.98 Å². The molecule has 0 radical (unpaired) electrons. The lowest BCUT2D eigenvalue weighted by Gasteiger charge is -1.76. The minimum atomic E-state index is -1.75. The van der Waals surface area contributed by atoms with Crippen LogP contribution in [0.1, 0.15) is 5.56 Å². The van der Waals surface area contributed by atoms with E-state index in [2.05, 4.69) is 18.0 Å². The van der Waals surface area contributed by atoms with Gasteiger partial charge < -0.3 is 15.3 Å². The number of nitrogens with one attached hydrogen (secondary N) is 1. The van der Waals surface area contributed by atoms with Crippen LogP contribution in [0.15, 0.2) is 24.5 Å². The van der Waals surface area contributed by atoms with Gasteiger partial charge in [-0.15, -0.1) is 0 Å². The second kappa shape index (κ2) is 5.16. The van der Waals surface area contributed by atoms with Crippen molar-refractivity contribution >= 4 is 0 Å². The van der Waals surface area contributed by atoms with Crippen LogP contribution in [-0.4, -0.2) is 5.09 Å². The number of aromatic amines is 1. The molecule has 0 spiro atoms. The molecular weight excluding hydrogens is 148 g/mol. The molecule has 1 rings (SSSR count). The summed E-state index contributed by atoms with van der Waals surface area (Å²) >= 11 is 0. The third kappa shape index (κ3) is 8.35. The first-order valence-electron chi connectivity index (χ1n) is 2.87. The van der Waals surface area contributed by atoms with E-state index in [1.807, 2.05) is 18.5 Å². The van der Waals surface area contributed by atoms with Crippen LogP contribution in [0.3, 0.4) is 0 Å². The predicted octanol–water partition coefficient (Wildman–Crippen LogP) is 0.570. The van der Waals surface area contributed by atoms with Crippen molar-refractivity contribution < 1.29 is 10.1 Å². The van der Waals surface area contributed by atoms with Crippen molar-refractivity contribution in [2.45, 2.75) is 6.92 Å². The lowest BCUT2D eigenvalue weighted by molar-refractivity contribution is -0.402. The minimum Gasteiger partial charge on any atom is -0.356 e. The lowest BCUT2D eigenvalue weighted by Crippen LogP contribution is -1.97. The molecule has 0 unspecified atom stereocenters. The van der Waals surface area contributed by atoms with Gasteiger partial charge in [0, 0.05) is 11.6 Å². The van der Waals surface area contributed by atoms with Crippen molar-refractivity contribution in [1.29, 1.82) is 0 Å². The third-order valence-electron chi connectivity index (χ3n) is 0.863. The van der Waals surface area contributed by atoms with E-state index in [0.29, 0.717) is 0 Å². The summed E-state index contributed by atoms with van der Waals surface area (Å²) in [6.45, 7) is 2.05. The van der Waals surface area contributed by atoms with Crippen LogP contribution in [0.2, 0.25) is 0 Å². The fourth-order valence-corrected chi connectivity index (χ4v) is 0.483. The van der Waals surface area contributed by atoms with Crippen LogP contribution < -0.4 is 4.98 Å². The highest BCUT2D eigenvalue weighted by atomic mass is 16.9. The van der Waals surface area contributed by atoms with Gasteiger partial charge in [-0.2, -0.15) is 0 Å². The Hall–Kier alpha value is -1.65. The van der Waals surface area contributed by atoms with E-state index in [-0.39, 0.29) is 0 Å². The van der Waals surface area contributed by atoms with Gasteiger partial charge in [-0.1, -0.05) is 0 Å². The summed E-state index contributed by atoms with van der Waals surface area (Å²) in [6, 6.07) is 4.03. The summed E-state index contributed by atoms with van der Waals surface area (Å²) in [5.41, 5.74) is 1.27. The molecule has 0 amide bonds. The fraction of sp³-hybridized carbons (Fsp3) is 0.167. The maximum absolute atomic E-state index is 8.25. The zero-order valence-corrected chi connectivity index (χ0v) is 5.98. The SMILES string of the molecule is Cc1ccc[nH+]c1.O=[N+]([O-])[O-]. The van der Waals surface area contributed by atoms with Crippen LogP contribution >= 0.6 is 0 Å². The number of aromatic nitrogens is 1. The summed E-state index contributed by atoms with van der Waals surface area (Å²) in [6.07, 6.45) is 3.85. The molecule has 1 heterocycles. The number of rotatable bonds is 0. The molecule has 0 aromatic carbocycles. The first-order valence-corrected chi connectivity index (χ1v) is 2.87. The van der Waals surface area contributed by atoms with Gasteiger partial charge in [0.25, 0.3) is 0 Å². The van der Waals surface area contributed by atoms with Crippen molar-refractivity contribution in [2.24, 2.45) is 0 Å². The molecule has 0 saturated heterocycles. The van der Waals surface area contributed by atoms with Crippen LogP contribution in [-0.2, 0) is 0 Å². The third-order valence-corrected chi connectivity index (χ3v) is 0.863. The van der Waals surface area contributed by atoms with Crippen molar-refractivity contribution in [2.75, 3.05) is 0 Å². The molecule has 1 aromatic heterocycles. The molecular formula is C6H8N2O3. The zero-order valence-electron chi connectivity index (χ0n) is 5.98. The van der Waals surface area contributed by atoms with Crippen LogP contribution in [0.5, 0.6) is 0 Å². The van der Waals surface area contributed by atoms with Gasteiger partial charge in [0.1, 0.15) is 0 Å². The molecule has 11 heavy (non-hydrogen) atoms. The molecule has 0 atom stereocenters. The monoisotopic (exact) mass is 156 g/mol. The normalized spacial score (nSPS) is 7.73. The molecule has 1 N–H and O–H groups in total. The van der Waals surface area contributed by atoms with Crippen molar-refractivity contribution in [3.05, 3.63) is 45.4 Å². The summed E-state index contributed by atoms with van der Waals surface area (Å²) < 4.78 is 0. The van der Waals surface area contributed by atoms with Crippen LogP contribution in [0.4, 0.5) is 0 Å². The van der Waals surface area contributed by atoms with Gasteiger partial charge in [0.2, 0.25) is 0 Å². The van der Waals surface area contributed by atoms with Crippen molar-refractivity contribution in [3.63, 3.8) is 0 Å². The van der Waals surface area contributed by atoms with Crippen LogP contribution in [0, 0.1) is 22.2 Å². The molecule has 0 fully saturated rings. The first kappa shape index (κ1) is 9.35. The average Bonchev–Trinajstić information content (AvgIpc) is 1.87. The Morgan fingerprint density at radius 3 is 2.27 bits per heavy atom. The smallest absolute Gasteiger partial charge is 0.169 e. The molecule has 0 aliphatic heterocycles. The molecule has 0 saturated carbocycles. The van der Waals surface area contributed by atoms with E-state index in [9.17, 15) is 0 Å². The number of H-pyrrole nitrogens is 1.